The van der Waals surface area contributed by atoms with E-state index < -0.39 is 5.97 Å². The number of hydrogen-bond donors (Lipinski definition) is 1. The predicted molar refractivity (Wildman–Crippen MR) is 66.7 cm³/mol. The zero-order chi connectivity index (χ0) is 12.4. The maximum Gasteiger partial charge on any atom is 0.323 e. The number of carboxylic acid groups (broad SMARTS) is 1. The van der Waals surface area contributed by atoms with Crippen LogP contribution in [0, 0.1) is 13.8 Å². The molecule has 1 aliphatic heterocycles. The third-order valence-electron chi connectivity index (χ3n) is 2.86. The molecule has 0 saturated heterocycles. The fraction of sp³-hybridized carbons (Fsp3) is 0.308. The fourth-order valence-corrected chi connectivity index (χ4v) is 2.15. The SMILES string of the molecule is Cc1cccc(C)c1N1C=CN(CC(=O)O)C1. The highest BCUT2D eigenvalue weighted by atomic mass is 16.4. The minimum absolute atomic E-state index is 0.0396. The van der Waals surface area contributed by atoms with Crippen molar-refractivity contribution in [3.63, 3.8) is 0 Å². The Balaban J connectivity index is 2.16. The van der Waals surface area contributed by atoms with Gasteiger partial charge in [-0.2, -0.15) is 0 Å². The molecule has 4 heteroatoms. The normalized spacial score (nSPS) is 14.5. The average Bonchev–Trinajstić information content (AvgIpc) is 2.65. The van der Waals surface area contributed by atoms with Crippen molar-refractivity contribution in [3.8, 4) is 0 Å². The molecule has 0 aromatic heterocycles. The summed E-state index contributed by atoms with van der Waals surface area (Å²) in [7, 11) is 0. The third kappa shape index (κ3) is 2.41. The highest BCUT2D eigenvalue weighted by Crippen LogP contribution is 2.27. The van der Waals surface area contributed by atoms with Crippen molar-refractivity contribution in [2.45, 2.75) is 13.8 Å². The van der Waals surface area contributed by atoms with Crippen LogP contribution in [0.1, 0.15) is 11.1 Å². The zero-order valence-corrected chi connectivity index (χ0v) is 10.1. The molecule has 1 aromatic rings. The van der Waals surface area contributed by atoms with E-state index in [1.807, 2.05) is 18.5 Å². The summed E-state index contributed by atoms with van der Waals surface area (Å²) in [5, 5.41) is 8.75. The van der Waals surface area contributed by atoms with Gasteiger partial charge in [0.05, 0.1) is 6.67 Å². The summed E-state index contributed by atoms with van der Waals surface area (Å²) in [6.07, 6.45) is 3.75. The van der Waals surface area contributed by atoms with Crippen molar-refractivity contribution in [1.29, 1.82) is 0 Å². The molecule has 0 amide bonds. The smallest absolute Gasteiger partial charge is 0.323 e. The van der Waals surface area contributed by atoms with Crippen molar-refractivity contribution >= 4 is 11.7 Å². The number of hydrogen-bond acceptors (Lipinski definition) is 3. The quantitative estimate of drug-likeness (QED) is 0.865. The Kier molecular flexibility index (Phi) is 3.04. The molecule has 2 rings (SSSR count). The molecule has 1 heterocycles. The van der Waals surface area contributed by atoms with Crippen LogP contribution in [-0.2, 0) is 4.79 Å². The van der Waals surface area contributed by atoms with Gasteiger partial charge < -0.3 is 14.9 Å². The Morgan fingerprint density at radius 1 is 1.29 bits per heavy atom. The largest absolute Gasteiger partial charge is 0.480 e. The molecule has 0 saturated carbocycles. The lowest BCUT2D eigenvalue weighted by Crippen LogP contribution is -2.29. The van der Waals surface area contributed by atoms with Crippen LogP contribution < -0.4 is 4.90 Å². The first kappa shape index (κ1) is 11.5. The van der Waals surface area contributed by atoms with Crippen molar-refractivity contribution in [1.82, 2.24) is 4.90 Å². The Hall–Kier alpha value is -1.97. The number of para-hydroxylation sites is 1. The van der Waals surface area contributed by atoms with Gasteiger partial charge in [-0.3, -0.25) is 4.79 Å². The lowest BCUT2D eigenvalue weighted by Gasteiger charge is -2.23. The van der Waals surface area contributed by atoms with Crippen LogP contribution in [0.2, 0.25) is 0 Å². The summed E-state index contributed by atoms with van der Waals surface area (Å²) in [5.41, 5.74) is 3.57. The van der Waals surface area contributed by atoms with Gasteiger partial charge in [0, 0.05) is 18.1 Å². The minimum Gasteiger partial charge on any atom is -0.480 e. The van der Waals surface area contributed by atoms with E-state index in [-0.39, 0.29) is 6.54 Å². The minimum atomic E-state index is -0.807. The van der Waals surface area contributed by atoms with E-state index in [0.717, 1.165) is 5.69 Å². The second-order valence-corrected chi connectivity index (χ2v) is 4.29. The molecule has 0 unspecified atom stereocenters. The summed E-state index contributed by atoms with van der Waals surface area (Å²) in [5.74, 6) is -0.807. The van der Waals surface area contributed by atoms with Gasteiger partial charge in [0.2, 0.25) is 0 Å². The molecule has 0 radical (unpaired) electrons. The molecule has 0 spiro atoms. The maximum atomic E-state index is 10.6. The van der Waals surface area contributed by atoms with Crippen molar-refractivity contribution in [3.05, 3.63) is 41.7 Å². The molecule has 0 aliphatic carbocycles. The number of carbonyl (C=O) groups is 1. The van der Waals surface area contributed by atoms with Crippen molar-refractivity contribution in [2.24, 2.45) is 0 Å². The van der Waals surface area contributed by atoms with Crippen molar-refractivity contribution in [2.75, 3.05) is 18.1 Å². The van der Waals surface area contributed by atoms with Gasteiger partial charge in [0.25, 0.3) is 0 Å². The van der Waals surface area contributed by atoms with Crippen LogP contribution >= 0.6 is 0 Å². The molecule has 1 aliphatic rings. The zero-order valence-electron chi connectivity index (χ0n) is 10.1. The Morgan fingerprint density at radius 3 is 2.53 bits per heavy atom. The molecule has 4 nitrogen and oxygen atoms in total. The number of aryl methyl sites for hydroxylation is 2. The van der Waals surface area contributed by atoms with Gasteiger partial charge in [0.15, 0.2) is 0 Å². The highest BCUT2D eigenvalue weighted by molar-refractivity contribution is 5.70. The van der Waals surface area contributed by atoms with E-state index in [9.17, 15) is 4.79 Å². The monoisotopic (exact) mass is 232 g/mol. The first-order valence-corrected chi connectivity index (χ1v) is 5.55. The molecule has 1 aromatic carbocycles. The summed E-state index contributed by atoms with van der Waals surface area (Å²) in [6.45, 7) is 4.77. The molecule has 0 fully saturated rings. The summed E-state index contributed by atoms with van der Waals surface area (Å²) < 4.78 is 0. The van der Waals surface area contributed by atoms with Gasteiger partial charge in [-0.25, -0.2) is 0 Å². The van der Waals surface area contributed by atoms with Crippen LogP contribution in [0.15, 0.2) is 30.6 Å². The van der Waals surface area contributed by atoms with E-state index in [4.69, 9.17) is 5.11 Å². The fourth-order valence-electron chi connectivity index (χ4n) is 2.15. The topological polar surface area (TPSA) is 43.8 Å². The molecule has 90 valence electrons. The highest BCUT2D eigenvalue weighted by Gasteiger charge is 2.18. The number of nitrogens with zero attached hydrogens (tertiary/aromatic N) is 2. The average molecular weight is 232 g/mol. The summed E-state index contributed by atoms with van der Waals surface area (Å²) >= 11 is 0. The Labute approximate surface area is 101 Å². The van der Waals surface area contributed by atoms with Gasteiger partial charge in [-0.15, -0.1) is 0 Å². The third-order valence-corrected chi connectivity index (χ3v) is 2.86. The number of rotatable bonds is 3. The van der Waals surface area contributed by atoms with Crippen LogP contribution in [0.5, 0.6) is 0 Å². The Morgan fingerprint density at radius 2 is 1.94 bits per heavy atom. The van der Waals surface area contributed by atoms with Crippen LogP contribution in [0.3, 0.4) is 0 Å². The van der Waals surface area contributed by atoms with Gasteiger partial charge in [-0.1, -0.05) is 18.2 Å². The molecular weight excluding hydrogens is 216 g/mol. The van der Waals surface area contributed by atoms with Crippen LogP contribution in [0.4, 0.5) is 5.69 Å². The van der Waals surface area contributed by atoms with E-state index in [1.165, 1.54) is 11.1 Å². The van der Waals surface area contributed by atoms with Crippen LogP contribution in [0.25, 0.3) is 0 Å². The number of benzene rings is 1. The van der Waals surface area contributed by atoms with E-state index in [0.29, 0.717) is 6.67 Å². The van der Waals surface area contributed by atoms with E-state index >= 15 is 0 Å². The maximum absolute atomic E-state index is 10.6. The second-order valence-electron chi connectivity index (χ2n) is 4.29. The molecule has 1 N–H and O–H groups in total. The molecular formula is C13H16N2O2. The van der Waals surface area contributed by atoms with Gasteiger partial charge in [0.1, 0.15) is 6.54 Å². The number of aliphatic carboxylic acids is 1. The van der Waals surface area contributed by atoms with E-state index in [2.05, 4.69) is 30.9 Å². The summed E-state index contributed by atoms with van der Waals surface area (Å²) in [6, 6.07) is 6.16. The molecule has 17 heavy (non-hydrogen) atoms. The molecule has 0 bridgehead atoms. The molecule has 0 atom stereocenters. The van der Waals surface area contributed by atoms with Gasteiger partial charge >= 0.3 is 5.97 Å². The number of anilines is 1. The van der Waals surface area contributed by atoms with E-state index in [1.54, 1.807) is 4.90 Å². The standard InChI is InChI=1S/C13H16N2O2/c1-10-4-3-5-11(2)13(10)15-7-6-14(9-15)8-12(16)17/h3-7H,8-9H2,1-2H3,(H,16,17). The van der Waals surface area contributed by atoms with Gasteiger partial charge in [-0.05, 0) is 25.0 Å². The lowest BCUT2D eigenvalue weighted by molar-refractivity contribution is -0.137. The first-order valence-electron chi connectivity index (χ1n) is 5.55. The summed E-state index contributed by atoms with van der Waals surface area (Å²) in [4.78, 5) is 14.5. The first-order chi connectivity index (χ1) is 8.08. The lowest BCUT2D eigenvalue weighted by atomic mass is 10.1. The second kappa shape index (κ2) is 4.49. The predicted octanol–water partition coefficient (Wildman–Crippen LogP) is 1.94. The Bertz CT molecular complexity index is 448. The van der Waals surface area contributed by atoms with Crippen LogP contribution in [-0.4, -0.2) is 29.2 Å². The van der Waals surface area contributed by atoms with Crippen molar-refractivity contribution < 1.29 is 9.90 Å². The number of carboxylic acids is 1.